The monoisotopic (exact) mass is 543 g/mol. The quantitative estimate of drug-likeness (QED) is 0.454. The molecule has 0 spiro atoms. The maximum Gasteiger partial charge on any atom is 0.338 e. The van der Waals surface area contributed by atoms with Gasteiger partial charge in [0.05, 0.1) is 57.6 Å². The van der Waals surface area contributed by atoms with Crippen LogP contribution in [0, 0.1) is 5.92 Å². The molecule has 3 aliphatic rings. The molecule has 1 amide bonds. The smallest absolute Gasteiger partial charge is 0.338 e. The van der Waals surface area contributed by atoms with Gasteiger partial charge in [-0.15, -0.1) is 0 Å². The van der Waals surface area contributed by atoms with E-state index in [0.717, 1.165) is 6.42 Å². The zero-order chi connectivity index (χ0) is 27.4. The Morgan fingerprint density at radius 2 is 1.95 bits per heavy atom. The molecule has 4 rings (SSSR count). The summed E-state index contributed by atoms with van der Waals surface area (Å²) in [7, 11) is 4.46. The van der Waals surface area contributed by atoms with Gasteiger partial charge in [0.2, 0.25) is 5.91 Å². The third-order valence-electron chi connectivity index (χ3n) is 6.86. The van der Waals surface area contributed by atoms with Crippen LogP contribution >= 0.6 is 11.8 Å². The fourth-order valence-electron chi connectivity index (χ4n) is 5.01. The van der Waals surface area contributed by atoms with Crippen molar-refractivity contribution < 1.29 is 33.3 Å². The predicted octanol–water partition coefficient (Wildman–Crippen LogP) is 3.64. The molecule has 3 aliphatic heterocycles. The minimum absolute atomic E-state index is 0.0812. The maximum atomic E-state index is 13.5. The zero-order valence-corrected chi connectivity index (χ0v) is 23.1. The third-order valence-corrected chi connectivity index (χ3v) is 7.75. The normalized spacial score (nSPS) is 20.9. The first kappa shape index (κ1) is 27.6. The molecule has 1 saturated heterocycles. The van der Waals surface area contributed by atoms with E-state index in [1.165, 1.54) is 18.9 Å². The van der Waals surface area contributed by atoms with E-state index in [-0.39, 0.29) is 24.2 Å². The molecule has 204 valence electrons. The highest BCUT2D eigenvalue weighted by Crippen LogP contribution is 2.47. The van der Waals surface area contributed by atoms with Crippen LogP contribution < -0.4 is 9.47 Å². The summed E-state index contributed by atoms with van der Waals surface area (Å²) in [5, 5.41) is 2.53. The number of methoxy groups -OCH3 is 3. The van der Waals surface area contributed by atoms with Gasteiger partial charge in [0.15, 0.2) is 5.17 Å². The van der Waals surface area contributed by atoms with E-state index in [2.05, 4.69) is 4.99 Å². The van der Waals surface area contributed by atoms with Crippen molar-refractivity contribution >= 4 is 34.8 Å². The van der Waals surface area contributed by atoms with Crippen LogP contribution in [-0.2, 0) is 23.9 Å². The Kier molecular flexibility index (Phi) is 8.65. The highest BCUT2D eigenvalue weighted by Gasteiger charge is 2.43. The molecule has 0 N–H and O–H groups in total. The van der Waals surface area contributed by atoms with Crippen molar-refractivity contribution in [3.05, 3.63) is 46.1 Å². The first-order valence-electron chi connectivity index (χ1n) is 12.5. The largest absolute Gasteiger partial charge is 0.497 e. The number of thioether (sulfide) groups is 1. The molecule has 11 heteroatoms. The Labute approximate surface area is 226 Å². The lowest BCUT2D eigenvalue weighted by Crippen LogP contribution is -2.44. The van der Waals surface area contributed by atoms with Crippen molar-refractivity contribution in [2.75, 3.05) is 41.0 Å². The topological polar surface area (TPSA) is 107 Å². The Morgan fingerprint density at radius 3 is 2.63 bits per heavy atom. The number of ether oxygens (including phenoxy) is 4. The molecule has 1 fully saturated rings. The Bertz CT molecular complexity index is 1210. The summed E-state index contributed by atoms with van der Waals surface area (Å²) in [6.07, 6.45) is 1.52. The number of carbonyl (C=O) groups excluding carboxylic acids is 3. The Balaban J connectivity index is 1.67. The fourth-order valence-corrected chi connectivity index (χ4v) is 5.98. The number of amidine groups is 1. The molecular weight excluding hydrogens is 510 g/mol. The molecule has 38 heavy (non-hydrogen) atoms. The van der Waals surface area contributed by atoms with Crippen molar-refractivity contribution in [3.8, 4) is 11.5 Å². The number of allylic oxidation sites excluding steroid dienone is 1. The summed E-state index contributed by atoms with van der Waals surface area (Å²) in [4.78, 5) is 47.1. The summed E-state index contributed by atoms with van der Waals surface area (Å²) in [6, 6.07) is 4.73. The molecule has 0 aliphatic carbocycles. The van der Waals surface area contributed by atoms with Crippen LogP contribution in [0.4, 0.5) is 0 Å². The lowest BCUT2D eigenvalue weighted by molar-refractivity contribution is -0.151. The van der Waals surface area contributed by atoms with E-state index in [0.29, 0.717) is 65.3 Å². The van der Waals surface area contributed by atoms with Gasteiger partial charge in [0.25, 0.3) is 0 Å². The summed E-state index contributed by atoms with van der Waals surface area (Å²) in [5.74, 6) is -0.0531. The molecular formula is C27H33N3O7S. The van der Waals surface area contributed by atoms with E-state index in [9.17, 15) is 14.4 Å². The molecule has 1 aromatic carbocycles. The van der Waals surface area contributed by atoms with Crippen molar-refractivity contribution in [2.24, 2.45) is 10.9 Å². The van der Waals surface area contributed by atoms with E-state index < -0.39 is 12.0 Å². The molecule has 0 unspecified atom stereocenters. The van der Waals surface area contributed by atoms with Gasteiger partial charge in [-0.3, -0.25) is 9.59 Å². The van der Waals surface area contributed by atoms with Crippen molar-refractivity contribution in [1.29, 1.82) is 0 Å². The second kappa shape index (κ2) is 11.9. The summed E-state index contributed by atoms with van der Waals surface area (Å²) >= 11 is 1.39. The number of aliphatic imine (C=N–C) groups is 1. The summed E-state index contributed by atoms with van der Waals surface area (Å²) < 4.78 is 21.5. The molecule has 0 aromatic heterocycles. The van der Waals surface area contributed by atoms with E-state index >= 15 is 0 Å². The predicted molar refractivity (Wildman–Crippen MR) is 143 cm³/mol. The minimum atomic E-state index is -0.650. The highest BCUT2D eigenvalue weighted by molar-refractivity contribution is 8.16. The number of piperidine rings is 1. The number of nitrogens with zero attached hydrogens (tertiary/aromatic N) is 3. The average molecular weight is 544 g/mol. The first-order chi connectivity index (χ1) is 18.3. The van der Waals surface area contributed by atoms with Gasteiger partial charge in [-0.1, -0.05) is 11.8 Å². The van der Waals surface area contributed by atoms with E-state index in [4.69, 9.17) is 18.9 Å². The lowest BCUT2D eigenvalue weighted by atomic mass is 9.92. The number of carbonyl (C=O) groups is 3. The van der Waals surface area contributed by atoms with Crippen molar-refractivity contribution in [2.45, 2.75) is 39.2 Å². The SMILES string of the molecule is CCOC(=O)[C@@H]1CCCN(C(=O)CC2=CSC3=NC(C)=C(C(=O)OC)[C@H](c4cc(OC)ccc4OC)N23)C1. The minimum Gasteiger partial charge on any atom is -0.497 e. The number of likely N-dealkylation sites (tertiary alicyclic amines) is 1. The number of hydrogen-bond donors (Lipinski definition) is 0. The molecule has 1 aromatic rings. The Hall–Kier alpha value is -3.47. The van der Waals surface area contributed by atoms with Crippen LogP contribution in [0.2, 0.25) is 0 Å². The number of esters is 2. The zero-order valence-electron chi connectivity index (χ0n) is 22.3. The van der Waals surface area contributed by atoms with Crippen molar-refractivity contribution in [3.63, 3.8) is 0 Å². The second-order valence-electron chi connectivity index (χ2n) is 9.10. The van der Waals surface area contributed by atoms with Gasteiger partial charge in [0.1, 0.15) is 11.5 Å². The summed E-state index contributed by atoms with van der Waals surface area (Å²) in [5.41, 5.74) is 2.25. The lowest BCUT2D eigenvalue weighted by Gasteiger charge is -2.37. The van der Waals surface area contributed by atoms with Gasteiger partial charge in [-0.25, -0.2) is 9.79 Å². The van der Waals surface area contributed by atoms with Gasteiger partial charge < -0.3 is 28.7 Å². The summed E-state index contributed by atoms with van der Waals surface area (Å²) in [6.45, 7) is 4.77. The fraction of sp³-hybridized carbons (Fsp3) is 0.481. The van der Waals surface area contributed by atoms with E-state index in [1.54, 1.807) is 45.1 Å². The molecule has 0 bridgehead atoms. The molecule has 3 heterocycles. The molecule has 2 atom stereocenters. The van der Waals surface area contributed by atoms with Crippen LogP contribution in [0.25, 0.3) is 0 Å². The maximum absolute atomic E-state index is 13.5. The highest BCUT2D eigenvalue weighted by atomic mass is 32.2. The van der Waals surface area contributed by atoms with Gasteiger partial charge in [-0.05, 0) is 50.3 Å². The van der Waals surface area contributed by atoms with Gasteiger partial charge in [0, 0.05) is 24.4 Å². The molecule has 10 nitrogen and oxygen atoms in total. The van der Waals surface area contributed by atoms with Crippen LogP contribution in [0.3, 0.4) is 0 Å². The molecule has 0 radical (unpaired) electrons. The standard InChI is InChI=1S/C27H33N3O7S/c1-6-37-25(32)17-8-7-11-29(14-17)22(31)12-18-15-38-27-28-16(2)23(26(33)36-5)24(30(18)27)20-13-19(34-3)9-10-21(20)35-4/h9-10,13,15,17,24H,6-8,11-12,14H2,1-5H3/t17-,24+/m1/s1. The van der Waals surface area contributed by atoms with E-state index in [1.807, 2.05) is 16.4 Å². The first-order valence-corrected chi connectivity index (χ1v) is 13.4. The van der Waals surface area contributed by atoms with Crippen LogP contribution in [0.1, 0.15) is 44.7 Å². The average Bonchev–Trinajstić information content (AvgIpc) is 3.33. The Morgan fingerprint density at radius 1 is 1.16 bits per heavy atom. The molecule has 0 saturated carbocycles. The van der Waals surface area contributed by atoms with Crippen molar-refractivity contribution in [1.82, 2.24) is 9.80 Å². The third kappa shape index (κ3) is 5.38. The van der Waals surface area contributed by atoms with Crippen LogP contribution in [0.5, 0.6) is 11.5 Å². The second-order valence-corrected chi connectivity index (χ2v) is 9.94. The number of amides is 1. The van der Waals surface area contributed by atoms with Crippen LogP contribution in [0.15, 0.2) is 45.6 Å². The van der Waals surface area contributed by atoms with Gasteiger partial charge >= 0.3 is 11.9 Å². The number of hydrogen-bond acceptors (Lipinski definition) is 10. The number of fused-ring (bicyclic) bond motifs is 1. The number of benzene rings is 1. The van der Waals surface area contributed by atoms with Gasteiger partial charge in [-0.2, -0.15) is 0 Å². The van der Waals surface area contributed by atoms with Crippen LogP contribution in [-0.4, -0.2) is 73.8 Å². The number of rotatable bonds is 8.